The Kier molecular flexibility index (Phi) is 9.00. The molecule has 1 aromatic carbocycles. The molecular weight excluding hydrogens is 334 g/mol. The fraction of sp³-hybridized carbons (Fsp3) is 0.304. The van der Waals surface area contributed by atoms with Crippen LogP contribution in [0.15, 0.2) is 74.0 Å². The smallest absolute Gasteiger partial charge is 0.141 e. The molecule has 0 aromatic heterocycles. The van der Waals surface area contributed by atoms with E-state index in [9.17, 15) is 5.11 Å². The number of anilines is 3. The van der Waals surface area contributed by atoms with Gasteiger partial charge in [0.1, 0.15) is 5.75 Å². The Balaban J connectivity index is 3.02. The Morgan fingerprint density at radius 3 is 2.04 bits per heavy atom. The first kappa shape index (κ1) is 22.2. The van der Waals surface area contributed by atoms with E-state index in [-0.39, 0.29) is 5.75 Å². The number of nitrogens with zero attached hydrogens (tertiary/aromatic N) is 1. The molecule has 0 aliphatic heterocycles. The predicted octanol–water partition coefficient (Wildman–Crippen LogP) is 5.77. The number of hydrogen-bond donors (Lipinski definition) is 3. The molecule has 0 heterocycles. The molecule has 0 amide bonds. The molecule has 0 spiro atoms. The summed E-state index contributed by atoms with van der Waals surface area (Å²) < 4.78 is 0. The lowest BCUT2D eigenvalue weighted by molar-refractivity contribution is 0.473. The standard InChI is InChI=1S/C23H33N3O/c1-7-18(5)11-9-13-26(14-10-12-19(6)8-2)22-16-21(25-17(3)4)20(24)15-23(22)27/h7-8,15-16,25,27H,1-3,5-6,9-14,24H2,4H3. The summed E-state index contributed by atoms with van der Waals surface area (Å²) in [6.07, 6.45) is 7.14. The van der Waals surface area contributed by atoms with E-state index in [1.807, 2.05) is 13.0 Å². The highest BCUT2D eigenvalue weighted by molar-refractivity contribution is 5.78. The fourth-order valence-electron chi connectivity index (χ4n) is 2.74. The van der Waals surface area contributed by atoms with Crippen molar-refractivity contribution in [2.24, 2.45) is 0 Å². The second-order valence-corrected chi connectivity index (χ2v) is 6.75. The Labute approximate surface area is 164 Å². The molecule has 27 heavy (non-hydrogen) atoms. The van der Waals surface area contributed by atoms with Gasteiger partial charge in [-0.2, -0.15) is 0 Å². The van der Waals surface area contributed by atoms with E-state index < -0.39 is 0 Å². The van der Waals surface area contributed by atoms with Crippen LogP contribution in [-0.4, -0.2) is 18.2 Å². The molecule has 146 valence electrons. The van der Waals surface area contributed by atoms with Gasteiger partial charge in [0.2, 0.25) is 0 Å². The van der Waals surface area contributed by atoms with E-state index in [0.29, 0.717) is 5.69 Å². The van der Waals surface area contributed by atoms with Crippen molar-refractivity contribution < 1.29 is 5.11 Å². The Bertz CT molecular complexity index is 693. The van der Waals surface area contributed by atoms with Crippen molar-refractivity contribution in [1.82, 2.24) is 0 Å². The topological polar surface area (TPSA) is 61.5 Å². The number of hydrogen-bond acceptors (Lipinski definition) is 4. The van der Waals surface area contributed by atoms with E-state index in [2.05, 4.69) is 43.1 Å². The van der Waals surface area contributed by atoms with Crippen LogP contribution in [0.2, 0.25) is 0 Å². The van der Waals surface area contributed by atoms with E-state index in [1.165, 1.54) is 0 Å². The van der Waals surface area contributed by atoms with Crippen LogP contribution in [-0.2, 0) is 0 Å². The van der Waals surface area contributed by atoms with Crippen molar-refractivity contribution in [3.05, 3.63) is 74.0 Å². The fourth-order valence-corrected chi connectivity index (χ4v) is 2.74. The normalized spacial score (nSPS) is 10.1. The number of rotatable bonds is 13. The van der Waals surface area contributed by atoms with Gasteiger partial charge in [-0.3, -0.25) is 0 Å². The molecule has 4 N–H and O–H groups in total. The van der Waals surface area contributed by atoms with E-state index in [0.717, 1.165) is 67.0 Å². The molecule has 1 aromatic rings. The zero-order valence-corrected chi connectivity index (χ0v) is 16.6. The van der Waals surface area contributed by atoms with Crippen molar-refractivity contribution in [3.63, 3.8) is 0 Å². The maximum absolute atomic E-state index is 10.5. The highest BCUT2D eigenvalue weighted by atomic mass is 16.3. The summed E-state index contributed by atoms with van der Waals surface area (Å²) in [7, 11) is 0. The minimum absolute atomic E-state index is 0.171. The van der Waals surface area contributed by atoms with Gasteiger partial charge >= 0.3 is 0 Å². The van der Waals surface area contributed by atoms with Gasteiger partial charge in [0, 0.05) is 24.9 Å². The number of nitrogen functional groups attached to an aromatic ring is 1. The number of nitrogens with one attached hydrogen (secondary N) is 1. The van der Waals surface area contributed by atoms with Gasteiger partial charge in [-0.25, -0.2) is 0 Å². The summed E-state index contributed by atoms with van der Waals surface area (Å²) in [4.78, 5) is 2.17. The van der Waals surface area contributed by atoms with Crippen molar-refractivity contribution in [3.8, 4) is 5.75 Å². The summed E-state index contributed by atoms with van der Waals surface area (Å²) >= 11 is 0. The van der Waals surface area contributed by atoms with Crippen LogP contribution in [0.3, 0.4) is 0 Å². The number of phenols is 1. The van der Waals surface area contributed by atoms with Gasteiger partial charge in [0.05, 0.1) is 17.1 Å². The van der Waals surface area contributed by atoms with Gasteiger partial charge in [-0.05, 0) is 38.7 Å². The number of nitrogens with two attached hydrogens (primary N) is 1. The van der Waals surface area contributed by atoms with E-state index >= 15 is 0 Å². The molecule has 0 radical (unpaired) electrons. The molecule has 0 bridgehead atoms. The van der Waals surface area contributed by atoms with Gasteiger partial charge in [0.25, 0.3) is 0 Å². The second kappa shape index (κ2) is 11.0. The van der Waals surface area contributed by atoms with Gasteiger partial charge in [0.15, 0.2) is 0 Å². The first-order valence-electron chi connectivity index (χ1n) is 9.18. The molecule has 1 rings (SSSR count). The van der Waals surface area contributed by atoms with Crippen LogP contribution in [0.25, 0.3) is 0 Å². The van der Waals surface area contributed by atoms with Crippen molar-refractivity contribution in [2.45, 2.75) is 32.6 Å². The monoisotopic (exact) mass is 367 g/mol. The Morgan fingerprint density at radius 2 is 1.59 bits per heavy atom. The van der Waals surface area contributed by atoms with Crippen LogP contribution >= 0.6 is 0 Å². The Morgan fingerprint density at radius 1 is 1.07 bits per heavy atom. The molecule has 0 atom stereocenters. The quantitative estimate of drug-likeness (QED) is 0.235. The van der Waals surface area contributed by atoms with E-state index in [1.54, 1.807) is 18.2 Å². The number of aromatic hydroxyl groups is 1. The van der Waals surface area contributed by atoms with Gasteiger partial charge < -0.3 is 21.1 Å². The molecule has 0 aliphatic rings. The molecule has 0 aliphatic carbocycles. The maximum Gasteiger partial charge on any atom is 0.141 e. The third-order valence-electron chi connectivity index (χ3n) is 4.26. The van der Waals surface area contributed by atoms with E-state index in [4.69, 9.17) is 5.73 Å². The van der Waals surface area contributed by atoms with Crippen LogP contribution in [0, 0.1) is 0 Å². The van der Waals surface area contributed by atoms with Crippen LogP contribution in [0.5, 0.6) is 5.75 Å². The first-order valence-corrected chi connectivity index (χ1v) is 9.18. The average molecular weight is 368 g/mol. The zero-order chi connectivity index (χ0) is 20.4. The average Bonchev–Trinajstić information content (AvgIpc) is 2.62. The summed E-state index contributed by atoms with van der Waals surface area (Å²) in [6.45, 7) is 22.8. The largest absolute Gasteiger partial charge is 0.506 e. The summed E-state index contributed by atoms with van der Waals surface area (Å²) in [5.74, 6) is 0.171. The third-order valence-corrected chi connectivity index (χ3v) is 4.26. The highest BCUT2D eigenvalue weighted by Gasteiger charge is 2.14. The van der Waals surface area contributed by atoms with Crippen molar-refractivity contribution in [1.29, 1.82) is 0 Å². The highest BCUT2D eigenvalue weighted by Crippen LogP contribution is 2.36. The Hall–Kier alpha value is -2.88. The summed E-state index contributed by atoms with van der Waals surface area (Å²) in [5.41, 5.74) is 10.8. The second-order valence-electron chi connectivity index (χ2n) is 6.75. The zero-order valence-electron chi connectivity index (χ0n) is 16.6. The van der Waals surface area contributed by atoms with Crippen molar-refractivity contribution in [2.75, 3.05) is 29.0 Å². The molecule has 0 unspecified atom stereocenters. The lowest BCUT2D eigenvalue weighted by Gasteiger charge is -2.27. The lowest BCUT2D eigenvalue weighted by Crippen LogP contribution is -2.26. The van der Waals surface area contributed by atoms with Gasteiger partial charge in [-0.1, -0.05) is 56.2 Å². The maximum atomic E-state index is 10.5. The SMILES string of the molecule is C=CC(=C)CCCN(CCCC(=C)C=C)c1cc(NC(=C)C)c(N)cc1O. The third kappa shape index (κ3) is 7.48. The van der Waals surface area contributed by atoms with Crippen LogP contribution < -0.4 is 16.0 Å². The predicted molar refractivity (Wildman–Crippen MR) is 120 cm³/mol. The lowest BCUT2D eigenvalue weighted by atomic mass is 10.1. The van der Waals surface area contributed by atoms with Crippen LogP contribution in [0.1, 0.15) is 32.6 Å². The van der Waals surface area contributed by atoms with Gasteiger partial charge in [-0.15, -0.1) is 0 Å². The minimum Gasteiger partial charge on any atom is -0.506 e. The molecule has 4 nitrogen and oxygen atoms in total. The summed E-state index contributed by atoms with van der Waals surface area (Å²) in [6, 6.07) is 3.46. The molecular formula is C23H33N3O. The summed E-state index contributed by atoms with van der Waals surface area (Å²) in [5, 5.41) is 13.6. The molecule has 0 saturated heterocycles. The molecule has 0 fully saturated rings. The first-order chi connectivity index (χ1) is 12.8. The number of phenolic OH excluding ortho intramolecular Hbond substituents is 1. The molecule has 4 heteroatoms. The van der Waals surface area contributed by atoms with Crippen molar-refractivity contribution >= 4 is 17.1 Å². The number of benzene rings is 1. The van der Waals surface area contributed by atoms with Crippen LogP contribution in [0.4, 0.5) is 17.1 Å². The minimum atomic E-state index is 0.171. The molecule has 0 saturated carbocycles. The number of allylic oxidation sites excluding steroid dienone is 5.